The summed E-state index contributed by atoms with van der Waals surface area (Å²) in [5, 5.41) is 13.6. The van der Waals surface area contributed by atoms with Crippen molar-refractivity contribution in [3.63, 3.8) is 0 Å². The molecule has 0 bridgehead atoms. The van der Waals surface area contributed by atoms with E-state index in [1.165, 1.54) is 13.0 Å². The molecule has 0 aliphatic carbocycles. The maximum atomic E-state index is 13.9. The number of aromatic nitrogens is 1. The van der Waals surface area contributed by atoms with Crippen LogP contribution in [-0.2, 0) is 16.0 Å². The second-order valence-electron chi connectivity index (χ2n) is 6.46. The van der Waals surface area contributed by atoms with Gasteiger partial charge in [0.1, 0.15) is 17.3 Å². The smallest absolute Gasteiger partial charge is 0.311 e. The van der Waals surface area contributed by atoms with E-state index in [9.17, 15) is 19.1 Å². The Balaban J connectivity index is 1.86. The number of piperidine rings is 1. The quantitative estimate of drug-likeness (QED) is 0.920. The third-order valence-electron chi connectivity index (χ3n) is 4.70. The molecule has 0 saturated carbocycles. The molecule has 1 N–H and O–H groups in total. The van der Waals surface area contributed by atoms with Gasteiger partial charge < -0.3 is 14.5 Å². The van der Waals surface area contributed by atoms with Crippen LogP contribution in [0.4, 0.5) is 4.39 Å². The average Bonchev–Trinajstić information content (AvgIpc) is 3.03. The van der Waals surface area contributed by atoms with Gasteiger partial charge in [-0.3, -0.25) is 9.59 Å². The second-order valence-corrected chi connectivity index (χ2v) is 6.46. The number of likely N-dealkylation sites (tertiary alicyclic amines) is 1. The van der Waals surface area contributed by atoms with Crippen molar-refractivity contribution < 1.29 is 23.6 Å². The molecule has 1 atom stereocenters. The highest BCUT2D eigenvalue weighted by atomic mass is 19.1. The fraction of sp³-hybridized carbons (Fsp3) is 0.389. The average molecular weight is 346 g/mol. The zero-order valence-electron chi connectivity index (χ0n) is 13.9. The molecule has 2 heterocycles. The molecule has 0 radical (unpaired) electrons. The van der Waals surface area contributed by atoms with E-state index in [-0.39, 0.29) is 18.9 Å². The van der Waals surface area contributed by atoms with Crippen molar-refractivity contribution >= 4 is 11.9 Å². The molecule has 1 aliphatic rings. The van der Waals surface area contributed by atoms with Crippen LogP contribution < -0.4 is 0 Å². The molecule has 25 heavy (non-hydrogen) atoms. The number of carbonyl (C=O) groups excluding carboxylic acids is 1. The third kappa shape index (κ3) is 3.40. The molecule has 1 saturated heterocycles. The summed E-state index contributed by atoms with van der Waals surface area (Å²) in [7, 11) is 0. The summed E-state index contributed by atoms with van der Waals surface area (Å²) >= 11 is 0. The van der Waals surface area contributed by atoms with Gasteiger partial charge in [-0.25, -0.2) is 4.39 Å². The van der Waals surface area contributed by atoms with Crippen molar-refractivity contribution in [2.45, 2.75) is 26.2 Å². The van der Waals surface area contributed by atoms with E-state index in [0.717, 1.165) is 0 Å². The van der Waals surface area contributed by atoms with Crippen LogP contribution in [0, 0.1) is 11.2 Å². The van der Waals surface area contributed by atoms with Crippen LogP contribution in [0.5, 0.6) is 0 Å². The minimum Gasteiger partial charge on any atom is -0.481 e. The van der Waals surface area contributed by atoms with Crippen LogP contribution in [0.25, 0.3) is 11.3 Å². The number of nitrogens with zero attached hydrogens (tertiary/aromatic N) is 2. The third-order valence-corrected chi connectivity index (χ3v) is 4.70. The Labute approximate surface area is 144 Å². The number of carboxylic acid groups (broad SMARTS) is 1. The Kier molecular flexibility index (Phi) is 4.57. The lowest BCUT2D eigenvalue weighted by Crippen LogP contribution is -2.50. The van der Waals surface area contributed by atoms with Crippen molar-refractivity contribution in [3.8, 4) is 11.3 Å². The predicted molar refractivity (Wildman–Crippen MR) is 87.2 cm³/mol. The summed E-state index contributed by atoms with van der Waals surface area (Å²) in [6, 6.07) is 7.75. The van der Waals surface area contributed by atoms with Crippen LogP contribution in [0.2, 0.25) is 0 Å². The zero-order valence-corrected chi connectivity index (χ0v) is 13.9. The summed E-state index contributed by atoms with van der Waals surface area (Å²) in [5.41, 5.74) is -0.487. The number of amides is 1. The Morgan fingerprint density at radius 2 is 2.16 bits per heavy atom. The van der Waals surface area contributed by atoms with Crippen LogP contribution in [0.1, 0.15) is 25.5 Å². The van der Waals surface area contributed by atoms with Gasteiger partial charge in [0.2, 0.25) is 5.91 Å². The number of carboxylic acids is 1. The minimum atomic E-state index is -1.12. The van der Waals surface area contributed by atoms with Gasteiger partial charge in [0.15, 0.2) is 0 Å². The number of hydrogen-bond acceptors (Lipinski definition) is 4. The number of hydrogen-bond donors (Lipinski definition) is 1. The highest BCUT2D eigenvalue weighted by Gasteiger charge is 2.44. The van der Waals surface area contributed by atoms with Gasteiger partial charge in [-0.15, -0.1) is 0 Å². The van der Waals surface area contributed by atoms with Gasteiger partial charge in [0, 0.05) is 38.1 Å². The molecular formula is C18H19FN2O4. The standard InChI is InChI=1S/C18H19FN2O4/c1-12(22)21-8-4-7-18(11-21,17(23)24)10-13-9-16(20-25-13)14-5-2-3-6-15(14)19/h2-3,5-6,9H,4,7-8,10-11H2,1H3,(H,23,24). The summed E-state index contributed by atoms with van der Waals surface area (Å²) in [5.74, 6) is -1.17. The van der Waals surface area contributed by atoms with E-state index in [0.29, 0.717) is 36.4 Å². The van der Waals surface area contributed by atoms with Crippen LogP contribution >= 0.6 is 0 Å². The molecule has 1 fully saturated rings. The maximum absolute atomic E-state index is 13.9. The topological polar surface area (TPSA) is 83.6 Å². The first-order valence-electron chi connectivity index (χ1n) is 8.11. The van der Waals surface area contributed by atoms with Crippen molar-refractivity contribution in [2.75, 3.05) is 13.1 Å². The normalized spacial score (nSPS) is 20.5. The van der Waals surface area contributed by atoms with E-state index < -0.39 is 17.2 Å². The molecule has 6 nitrogen and oxygen atoms in total. The predicted octanol–water partition coefficient (Wildman–Crippen LogP) is 2.74. The number of halogens is 1. The van der Waals surface area contributed by atoms with Gasteiger partial charge >= 0.3 is 5.97 Å². The molecule has 0 spiro atoms. The van der Waals surface area contributed by atoms with Crippen LogP contribution in [-0.4, -0.2) is 40.1 Å². The first kappa shape index (κ1) is 17.1. The summed E-state index contributed by atoms with van der Waals surface area (Å²) < 4.78 is 19.1. The van der Waals surface area contributed by atoms with Crippen molar-refractivity contribution in [1.29, 1.82) is 0 Å². The van der Waals surface area contributed by atoms with Crippen molar-refractivity contribution in [2.24, 2.45) is 5.41 Å². The SMILES string of the molecule is CC(=O)N1CCCC(Cc2cc(-c3ccccc3F)no2)(C(=O)O)C1. The lowest BCUT2D eigenvalue weighted by molar-refractivity contribution is -0.154. The number of aliphatic carboxylic acids is 1. The largest absolute Gasteiger partial charge is 0.481 e. The molecule has 1 aromatic carbocycles. The molecular weight excluding hydrogens is 327 g/mol. The number of carbonyl (C=O) groups is 2. The van der Waals surface area contributed by atoms with E-state index in [2.05, 4.69) is 5.16 Å². The Morgan fingerprint density at radius 1 is 1.40 bits per heavy atom. The molecule has 7 heteroatoms. The lowest BCUT2D eigenvalue weighted by Gasteiger charge is -2.39. The van der Waals surface area contributed by atoms with E-state index in [1.54, 1.807) is 29.2 Å². The van der Waals surface area contributed by atoms with Crippen LogP contribution in [0.3, 0.4) is 0 Å². The van der Waals surface area contributed by atoms with Gasteiger partial charge in [-0.2, -0.15) is 0 Å². The first-order valence-corrected chi connectivity index (χ1v) is 8.11. The minimum absolute atomic E-state index is 0.105. The van der Waals surface area contributed by atoms with E-state index in [1.807, 2.05) is 0 Å². The molecule has 1 unspecified atom stereocenters. The fourth-order valence-electron chi connectivity index (χ4n) is 3.32. The lowest BCUT2D eigenvalue weighted by atomic mass is 9.76. The summed E-state index contributed by atoms with van der Waals surface area (Å²) in [6.45, 7) is 2.12. The molecule has 1 amide bonds. The number of rotatable bonds is 4. The molecule has 1 aliphatic heterocycles. The number of benzene rings is 1. The van der Waals surface area contributed by atoms with E-state index >= 15 is 0 Å². The first-order chi connectivity index (χ1) is 11.9. The fourth-order valence-corrected chi connectivity index (χ4v) is 3.32. The van der Waals surface area contributed by atoms with Crippen LogP contribution in [0.15, 0.2) is 34.9 Å². The molecule has 132 valence electrons. The second kappa shape index (κ2) is 6.66. The Bertz CT molecular complexity index is 804. The van der Waals surface area contributed by atoms with Crippen molar-refractivity contribution in [3.05, 3.63) is 41.9 Å². The Morgan fingerprint density at radius 3 is 2.84 bits per heavy atom. The maximum Gasteiger partial charge on any atom is 0.311 e. The van der Waals surface area contributed by atoms with Gasteiger partial charge in [0.05, 0.1) is 5.41 Å². The molecule has 2 aromatic rings. The molecule has 1 aromatic heterocycles. The zero-order chi connectivity index (χ0) is 18.0. The Hall–Kier alpha value is -2.70. The van der Waals surface area contributed by atoms with Crippen molar-refractivity contribution in [1.82, 2.24) is 10.1 Å². The van der Waals surface area contributed by atoms with Gasteiger partial charge in [0.25, 0.3) is 0 Å². The monoisotopic (exact) mass is 346 g/mol. The molecule has 3 rings (SSSR count). The van der Waals surface area contributed by atoms with Gasteiger partial charge in [-0.1, -0.05) is 17.3 Å². The highest BCUT2D eigenvalue weighted by Crippen LogP contribution is 2.35. The van der Waals surface area contributed by atoms with E-state index in [4.69, 9.17) is 4.52 Å². The summed E-state index contributed by atoms with van der Waals surface area (Å²) in [6.07, 6.45) is 1.16. The van der Waals surface area contributed by atoms with Gasteiger partial charge in [-0.05, 0) is 25.0 Å². The highest BCUT2D eigenvalue weighted by molar-refractivity contribution is 5.78. The summed E-state index contributed by atoms with van der Waals surface area (Å²) in [4.78, 5) is 25.1.